The van der Waals surface area contributed by atoms with E-state index in [1.807, 2.05) is 38.2 Å². The van der Waals surface area contributed by atoms with Gasteiger partial charge in [0, 0.05) is 30.6 Å². The summed E-state index contributed by atoms with van der Waals surface area (Å²) >= 11 is 0. The van der Waals surface area contributed by atoms with Crippen LogP contribution in [-0.4, -0.2) is 29.6 Å². The first kappa shape index (κ1) is 17.1. The molecule has 0 fully saturated rings. The fraction of sp³-hybridized carbons (Fsp3) is 0.357. The van der Waals surface area contributed by atoms with Gasteiger partial charge in [0.1, 0.15) is 0 Å². The predicted octanol–water partition coefficient (Wildman–Crippen LogP) is 2.26. The van der Waals surface area contributed by atoms with Gasteiger partial charge < -0.3 is 15.2 Å². The zero-order valence-electron chi connectivity index (χ0n) is 12.2. The van der Waals surface area contributed by atoms with Crippen molar-refractivity contribution in [1.82, 2.24) is 15.5 Å². The number of carbonyl (C=O) groups is 1. The maximum Gasteiger partial charge on any atom is 0.228 e. The molecule has 2 rings (SSSR count). The van der Waals surface area contributed by atoms with E-state index in [1.165, 1.54) is 0 Å². The van der Waals surface area contributed by atoms with Crippen molar-refractivity contribution in [3.8, 4) is 11.4 Å². The minimum Gasteiger partial charge on any atom is -0.339 e. The Labute approximate surface area is 129 Å². The Balaban J connectivity index is 0.00000220. The van der Waals surface area contributed by atoms with Crippen LogP contribution in [0, 0.1) is 12.8 Å². The molecule has 7 heteroatoms. The number of amides is 1. The van der Waals surface area contributed by atoms with Gasteiger partial charge in [-0.15, -0.1) is 12.4 Å². The standard InChI is InChI=1S/C14H18N4O2.ClH/c1-9(8-15-3)14(19)17-12-6-4-5-11(7-12)13-16-10(2)20-18-13;/h4-7,9,15H,8H2,1-3H3,(H,17,19);1H. The Kier molecular flexibility index (Phi) is 6.33. The molecule has 0 bridgehead atoms. The van der Waals surface area contributed by atoms with E-state index in [1.54, 1.807) is 6.92 Å². The molecular formula is C14H19ClN4O2. The number of aromatic nitrogens is 2. The van der Waals surface area contributed by atoms with Gasteiger partial charge in [-0.25, -0.2) is 0 Å². The summed E-state index contributed by atoms with van der Waals surface area (Å²) in [5, 5.41) is 9.72. The number of nitrogens with zero attached hydrogens (tertiary/aromatic N) is 2. The monoisotopic (exact) mass is 310 g/mol. The largest absolute Gasteiger partial charge is 0.339 e. The smallest absolute Gasteiger partial charge is 0.228 e. The van der Waals surface area contributed by atoms with E-state index in [0.717, 1.165) is 11.3 Å². The first-order valence-electron chi connectivity index (χ1n) is 6.46. The van der Waals surface area contributed by atoms with E-state index in [4.69, 9.17) is 4.52 Å². The lowest BCUT2D eigenvalue weighted by Gasteiger charge is -2.11. The van der Waals surface area contributed by atoms with Crippen LogP contribution in [0.4, 0.5) is 5.69 Å². The molecule has 1 aromatic heterocycles. The molecule has 1 heterocycles. The van der Waals surface area contributed by atoms with Crippen LogP contribution in [0.25, 0.3) is 11.4 Å². The normalized spacial score (nSPS) is 11.6. The summed E-state index contributed by atoms with van der Waals surface area (Å²) in [6.07, 6.45) is 0. The molecule has 0 aliphatic heterocycles. The Morgan fingerprint density at radius 2 is 2.19 bits per heavy atom. The maximum atomic E-state index is 12.0. The van der Waals surface area contributed by atoms with Gasteiger partial charge in [-0.3, -0.25) is 4.79 Å². The summed E-state index contributed by atoms with van der Waals surface area (Å²) in [5.74, 6) is 0.899. The van der Waals surface area contributed by atoms with Gasteiger partial charge in [-0.1, -0.05) is 24.2 Å². The Morgan fingerprint density at radius 3 is 2.81 bits per heavy atom. The average molecular weight is 311 g/mol. The topological polar surface area (TPSA) is 80.0 Å². The first-order valence-corrected chi connectivity index (χ1v) is 6.46. The molecule has 6 nitrogen and oxygen atoms in total. The van der Waals surface area contributed by atoms with Crippen molar-refractivity contribution >= 4 is 24.0 Å². The molecule has 0 spiro atoms. The highest BCUT2D eigenvalue weighted by Crippen LogP contribution is 2.20. The Hall–Kier alpha value is -1.92. The lowest BCUT2D eigenvalue weighted by atomic mass is 10.1. The van der Waals surface area contributed by atoms with Gasteiger partial charge in [-0.05, 0) is 19.2 Å². The van der Waals surface area contributed by atoms with E-state index >= 15 is 0 Å². The summed E-state index contributed by atoms with van der Waals surface area (Å²) in [6, 6.07) is 7.38. The highest BCUT2D eigenvalue weighted by Gasteiger charge is 2.13. The Morgan fingerprint density at radius 1 is 1.43 bits per heavy atom. The molecule has 1 amide bonds. The van der Waals surface area contributed by atoms with E-state index < -0.39 is 0 Å². The van der Waals surface area contributed by atoms with Crippen LogP contribution in [-0.2, 0) is 4.79 Å². The second-order valence-corrected chi connectivity index (χ2v) is 4.67. The lowest BCUT2D eigenvalue weighted by Crippen LogP contribution is -2.28. The van der Waals surface area contributed by atoms with Crippen molar-refractivity contribution in [2.45, 2.75) is 13.8 Å². The second-order valence-electron chi connectivity index (χ2n) is 4.67. The highest BCUT2D eigenvalue weighted by atomic mass is 35.5. The van der Waals surface area contributed by atoms with Crippen molar-refractivity contribution in [3.05, 3.63) is 30.2 Å². The molecule has 0 saturated carbocycles. The van der Waals surface area contributed by atoms with Crippen LogP contribution < -0.4 is 10.6 Å². The number of hydrogen-bond donors (Lipinski definition) is 2. The van der Waals surface area contributed by atoms with Crippen molar-refractivity contribution in [3.63, 3.8) is 0 Å². The Bertz CT molecular complexity index is 600. The van der Waals surface area contributed by atoms with E-state index in [0.29, 0.717) is 18.3 Å². The molecule has 0 radical (unpaired) electrons. The number of hydrogen-bond acceptors (Lipinski definition) is 5. The van der Waals surface area contributed by atoms with Crippen molar-refractivity contribution in [2.75, 3.05) is 18.9 Å². The fourth-order valence-electron chi connectivity index (χ4n) is 1.82. The van der Waals surface area contributed by atoms with Crippen molar-refractivity contribution in [1.29, 1.82) is 0 Å². The third-order valence-corrected chi connectivity index (χ3v) is 2.87. The highest BCUT2D eigenvalue weighted by molar-refractivity contribution is 5.93. The minimum atomic E-state index is -0.101. The van der Waals surface area contributed by atoms with Crippen LogP contribution in [0.3, 0.4) is 0 Å². The van der Waals surface area contributed by atoms with Crippen LogP contribution >= 0.6 is 12.4 Å². The van der Waals surface area contributed by atoms with Crippen LogP contribution in [0.5, 0.6) is 0 Å². The fourth-order valence-corrected chi connectivity index (χ4v) is 1.82. The number of halogens is 1. The average Bonchev–Trinajstić information content (AvgIpc) is 2.86. The van der Waals surface area contributed by atoms with Crippen molar-refractivity contribution in [2.24, 2.45) is 5.92 Å². The third kappa shape index (κ3) is 4.54. The summed E-state index contributed by atoms with van der Waals surface area (Å²) in [5.41, 5.74) is 1.53. The van der Waals surface area contributed by atoms with Gasteiger partial charge in [0.25, 0.3) is 0 Å². The lowest BCUT2D eigenvalue weighted by molar-refractivity contribution is -0.119. The summed E-state index contributed by atoms with van der Waals surface area (Å²) in [6.45, 7) is 4.25. The molecule has 2 aromatic rings. The molecule has 0 aliphatic rings. The van der Waals surface area contributed by atoms with Crippen LogP contribution in [0.1, 0.15) is 12.8 Å². The van der Waals surface area contributed by atoms with E-state index in [2.05, 4.69) is 20.8 Å². The van der Waals surface area contributed by atoms with Crippen LogP contribution in [0.2, 0.25) is 0 Å². The number of carbonyl (C=O) groups excluding carboxylic acids is 1. The summed E-state index contributed by atoms with van der Waals surface area (Å²) < 4.78 is 4.95. The van der Waals surface area contributed by atoms with Gasteiger partial charge in [0.15, 0.2) is 0 Å². The zero-order chi connectivity index (χ0) is 14.5. The predicted molar refractivity (Wildman–Crippen MR) is 83.4 cm³/mol. The number of anilines is 1. The molecule has 1 unspecified atom stereocenters. The number of benzene rings is 1. The number of rotatable bonds is 5. The molecule has 21 heavy (non-hydrogen) atoms. The molecule has 114 valence electrons. The molecule has 2 N–H and O–H groups in total. The summed E-state index contributed by atoms with van der Waals surface area (Å²) in [7, 11) is 1.82. The SMILES string of the molecule is CNCC(C)C(=O)Nc1cccc(-c2noc(C)n2)c1.Cl. The summed E-state index contributed by atoms with van der Waals surface area (Å²) in [4.78, 5) is 16.1. The van der Waals surface area contributed by atoms with Gasteiger partial charge in [0.2, 0.25) is 17.6 Å². The number of nitrogens with one attached hydrogen (secondary N) is 2. The second kappa shape index (κ2) is 7.75. The van der Waals surface area contributed by atoms with Crippen LogP contribution in [0.15, 0.2) is 28.8 Å². The van der Waals surface area contributed by atoms with Gasteiger partial charge in [-0.2, -0.15) is 4.98 Å². The first-order chi connectivity index (χ1) is 9.60. The van der Waals surface area contributed by atoms with Crippen molar-refractivity contribution < 1.29 is 9.32 Å². The molecule has 1 aromatic carbocycles. The third-order valence-electron chi connectivity index (χ3n) is 2.87. The molecular weight excluding hydrogens is 292 g/mol. The van der Waals surface area contributed by atoms with E-state index in [9.17, 15) is 4.79 Å². The van der Waals surface area contributed by atoms with E-state index in [-0.39, 0.29) is 24.2 Å². The zero-order valence-corrected chi connectivity index (χ0v) is 13.0. The minimum absolute atomic E-state index is 0. The number of aryl methyl sites for hydroxylation is 1. The molecule has 0 saturated heterocycles. The van der Waals surface area contributed by atoms with Gasteiger partial charge in [0.05, 0.1) is 0 Å². The maximum absolute atomic E-state index is 12.0. The van der Waals surface area contributed by atoms with Gasteiger partial charge >= 0.3 is 0 Å². The quantitative estimate of drug-likeness (QED) is 0.885. The molecule has 0 aliphatic carbocycles. The molecule has 1 atom stereocenters.